The first kappa shape index (κ1) is 14.6. The van der Waals surface area contributed by atoms with Crippen molar-refractivity contribution >= 4 is 17.0 Å². The molecule has 0 unspecified atom stereocenters. The van der Waals surface area contributed by atoms with Gasteiger partial charge in [-0.05, 0) is 45.7 Å². The topological polar surface area (TPSA) is 55.1 Å². The Morgan fingerprint density at radius 2 is 2.00 bits per heavy atom. The van der Waals surface area contributed by atoms with Crippen molar-refractivity contribution in [1.82, 2.24) is 9.55 Å². The Kier molecular flexibility index (Phi) is 4.12. The summed E-state index contributed by atoms with van der Waals surface area (Å²) < 4.78 is 2.21. The number of aromatic nitrogens is 2. The molecule has 2 aromatic rings. The van der Waals surface area contributed by atoms with Crippen LogP contribution in [0.15, 0.2) is 24.3 Å². The summed E-state index contributed by atoms with van der Waals surface area (Å²) in [7, 11) is 0. The summed E-state index contributed by atoms with van der Waals surface area (Å²) >= 11 is 0. The van der Waals surface area contributed by atoms with E-state index in [-0.39, 0.29) is 0 Å². The van der Waals surface area contributed by atoms with E-state index in [1.807, 2.05) is 25.1 Å². The molecule has 1 aromatic heterocycles. The lowest BCUT2D eigenvalue weighted by Gasteiger charge is -2.18. The molecule has 0 aliphatic carbocycles. The first-order valence-corrected chi connectivity index (χ1v) is 7.07. The van der Waals surface area contributed by atoms with Gasteiger partial charge in [-0.25, -0.2) is 4.98 Å². The minimum absolute atomic E-state index is 0.633. The number of aryl methyl sites for hydroxylation is 2. The third kappa shape index (κ3) is 3.00. The molecule has 0 saturated heterocycles. The van der Waals surface area contributed by atoms with Gasteiger partial charge in [0.25, 0.3) is 0 Å². The van der Waals surface area contributed by atoms with Crippen LogP contribution >= 0.6 is 0 Å². The van der Waals surface area contributed by atoms with Gasteiger partial charge in [0.15, 0.2) is 0 Å². The van der Waals surface area contributed by atoms with Gasteiger partial charge in [-0.3, -0.25) is 4.79 Å². The Morgan fingerprint density at radius 1 is 1.30 bits per heavy atom. The van der Waals surface area contributed by atoms with Gasteiger partial charge in [-0.2, -0.15) is 0 Å². The van der Waals surface area contributed by atoms with Gasteiger partial charge in [0.05, 0.1) is 16.4 Å². The van der Waals surface area contributed by atoms with E-state index in [0.717, 1.165) is 36.2 Å². The number of benzene rings is 1. The predicted octanol–water partition coefficient (Wildman–Crippen LogP) is 3.63. The summed E-state index contributed by atoms with van der Waals surface area (Å²) in [5, 5.41) is 9.09. The monoisotopic (exact) mass is 274 g/mol. The van der Waals surface area contributed by atoms with E-state index < -0.39 is 11.4 Å². The lowest BCUT2D eigenvalue weighted by Crippen LogP contribution is -2.23. The molecule has 1 heterocycles. The number of hydrogen-bond donors (Lipinski definition) is 1. The number of imidazole rings is 1. The summed E-state index contributed by atoms with van der Waals surface area (Å²) in [4.78, 5) is 15.6. The molecule has 0 spiro atoms. The third-order valence-corrected chi connectivity index (χ3v) is 3.86. The van der Waals surface area contributed by atoms with E-state index in [4.69, 9.17) is 5.11 Å². The highest BCUT2D eigenvalue weighted by Crippen LogP contribution is 2.24. The van der Waals surface area contributed by atoms with E-state index in [1.165, 1.54) is 0 Å². The van der Waals surface area contributed by atoms with Gasteiger partial charge in [0.2, 0.25) is 0 Å². The molecule has 0 radical (unpaired) electrons. The van der Waals surface area contributed by atoms with E-state index in [9.17, 15) is 4.79 Å². The highest BCUT2D eigenvalue weighted by atomic mass is 16.4. The normalized spacial score (nSPS) is 11.9. The number of rotatable bonds is 6. The van der Waals surface area contributed by atoms with Crippen LogP contribution in [0.1, 0.15) is 38.9 Å². The Bertz CT molecular complexity index is 614. The zero-order chi connectivity index (χ0) is 14.8. The minimum Gasteiger partial charge on any atom is -0.481 e. The van der Waals surface area contributed by atoms with Gasteiger partial charge in [-0.1, -0.05) is 18.6 Å². The molecule has 1 N–H and O–H groups in total. The summed E-state index contributed by atoms with van der Waals surface area (Å²) in [6.45, 7) is 6.48. The van der Waals surface area contributed by atoms with Gasteiger partial charge in [-0.15, -0.1) is 0 Å². The van der Waals surface area contributed by atoms with Crippen molar-refractivity contribution in [2.24, 2.45) is 5.41 Å². The number of carboxylic acids is 1. The first-order chi connectivity index (χ1) is 9.42. The van der Waals surface area contributed by atoms with Gasteiger partial charge in [0, 0.05) is 6.54 Å². The van der Waals surface area contributed by atoms with Crippen LogP contribution in [0.25, 0.3) is 11.0 Å². The standard InChI is InChI=1S/C16H22N2O2/c1-12-17-13-8-4-5-9-14(13)18(12)11-7-6-10-16(2,3)15(19)20/h4-5,8-9H,6-7,10-11H2,1-3H3,(H,19,20). The molecule has 2 rings (SSSR count). The first-order valence-electron chi connectivity index (χ1n) is 7.07. The van der Waals surface area contributed by atoms with Crippen molar-refractivity contribution < 1.29 is 9.90 Å². The summed E-state index contributed by atoms with van der Waals surface area (Å²) in [6.07, 6.45) is 2.58. The predicted molar refractivity (Wildman–Crippen MR) is 79.7 cm³/mol. The van der Waals surface area contributed by atoms with Crippen molar-refractivity contribution in [3.63, 3.8) is 0 Å². The number of carboxylic acid groups (broad SMARTS) is 1. The average molecular weight is 274 g/mol. The zero-order valence-corrected chi connectivity index (χ0v) is 12.4. The number of carbonyl (C=O) groups is 1. The number of para-hydroxylation sites is 2. The molecular weight excluding hydrogens is 252 g/mol. The van der Waals surface area contributed by atoms with E-state index in [1.54, 1.807) is 13.8 Å². The Balaban J connectivity index is 1.97. The second kappa shape index (κ2) is 5.65. The summed E-state index contributed by atoms with van der Waals surface area (Å²) in [5.41, 5.74) is 1.55. The van der Waals surface area contributed by atoms with Crippen LogP contribution < -0.4 is 0 Å². The number of hydrogen-bond acceptors (Lipinski definition) is 2. The van der Waals surface area contributed by atoms with E-state index in [0.29, 0.717) is 6.42 Å². The van der Waals surface area contributed by atoms with Crippen LogP contribution in [0.5, 0.6) is 0 Å². The molecule has 0 amide bonds. The molecule has 4 heteroatoms. The van der Waals surface area contributed by atoms with Crippen LogP contribution in [-0.2, 0) is 11.3 Å². The average Bonchev–Trinajstić information content (AvgIpc) is 2.70. The highest BCUT2D eigenvalue weighted by molar-refractivity contribution is 5.75. The van der Waals surface area contributed by atoms with Crippen molar-refractivity contribution in [3.8, 4) is 0 Å². The van der Waals surface area contributed by atoms with Gasteiger partial charge >= 0.3 is 5.97 Å². The molecule has 108 valence electrons. The quantitative estimate of drug-likeness (QED) is 0.818. The molecule has 20 heavy (non-hydrogen) atoms. The molecular formula is C16H22N2O2. The summed E-state index contributed by atoms with van der Waals surface area (Å²) in [6, 6.07) is 8.12. The fourth-order valence-corrected chi connectivity index (χ4v) is 2.42. The SMILES string of the molecule is Cc1nc2ccccc2n1CCCCC(C)(C)C(=O)O. The lowest BCUT2D eigenvalue weighted by atomic mass is 9.87. The molecule has 1 aromatic carbocycles. The maximum Gasteiger partial charge on any atom is 0.309 e. The molecule has 0 aliphatic heterocycles. The van der Waals surface area contributed by atoms with E-state index >= 15 is 0 Å². The van der Waals surface area contributed by atoms with Crippen molar-refractivity contribution in [2.75, 3.05) is 0 Å². The van der Waals surface area contributed by atoms with Crippen molar-refractivity contribution in [1.29, 1.82) is 0 Å². The fraction of sp³-hybridized carbons (Fsp3) is 0.500. The Hall–Kier alpha value is -1.84. The van der Waals surface area contributed by atoms with Crippen LogP contribution in [0.3, 0.4) is 0 Å². The van der Waals surface area contributed by atoms with Crippen LogP contribution in [-0.4, -0.2) is 20.6 Å². The smallest absolute Gasteiger partial charge is 0.309 e. The van der Waals surface area contributed by atoms with Gasteiger partial charge in [0.1, 0.15) is 5.82 Å². The van der Waals surface area contributed by atoms with Crippen molar-refractivity contribution in [3.05, 3.63) is 30.1 Å². The van der Waals surface area contributed by atoms with Crippen LogP contribution in [0.4, 0.5) is 0 Å². The van der Waals surface area contributed by atoms with Crippen molar-refractivity contribution in [2.45, 2.75) is 46.6 Å². The number of unbranched alkanes of at least 4 members (excludes halogenated alkanes) is 1. The number of aliphatic carboxylic acids is 1. The maximum absolute atomic E-state index is 11.1. The number of nitrogens with zero attached hydrogens (tertiary/aromatic N) is 2. The Labute approximate surface area is 119 Å². The fourth-order valence-electron chi connectivity index (χ4n) is 2.42. The second-order valence-corrected chi connectivity index (χ2v) is 5.95. The van der Waals surface area contributed by atoms with Crippen LogP contribution in [0, 0.1) is 12.3 Å². The van der Waals surface area contributed by atoms with Gasteiger partial charge < -0.3 is 9.67 Å². The zero-order valence-electron chi connectivity index (χ0n) is 12.4. The molecule has 4 nitrogen and oxygen atoms in total. The largest absolute Gasteiger partial charge is 0.481 e. The number of fused-ring (bicyclic) bond motifs is 1. The minimum atomic E-state index is -0.721. The molecule has 0 bridgehead atoms. The molecule has 0 aliphatic rings. The van der Waals surface area contributed by atoms with Crippen LogP contribution in [0.2, 0.25) is 0 Å². The second-order valence-electron chi connectivity index (χ2n) is 5.95. The molecule has 0 atom stereocenters. The third-order valence-electron chi connectivity index (χ3n) is 3.86. The molecule has 0 saturated carbocycles. The van der Waals surface area contributed by atoms with E-state index in [2.05, 4.69) is 15.6 Å². The lowest BCUT2D eigenvalue weighted by molar-refractivity contribution is -0.147. The maximum atomic E-state index is 11.1. The Morgan fingerprint density at radius 3 is 2.70 bits per heavy atom. The highest BCUT2D eigenvalue weighted by Gasteiger charge is 2.26. The molecule has 0 fully saturated rings. The summed E-state index contributed by atoms with van der Waals surface area (Å²) in [5.74, 6) is 0.297.